The molecule has 4 aliphatic rings. The van der Waals surface area contributed by atoms with Crippen molar-refractivity contribution < 1.29 is 4.79 Å². The molecule has 1 aromatic heterocycles. The van der Waals surface area contributed by atoms with E-state index >= 15 is 0 Å². The molecule has 0 saturated heterocycles. The summed E-state index contributed by atoms with van der Waals surface area (Å²) < 4.78 is 0. The highest BCUT2D eigenvalue weighted by Crippen LogP contribution is 2.66. The number of carbonyl (C=O) groups is 1. The van der Waals surface area contributed by atoms with Crippen molar-refractivity contribution >= 4 is 22.7 Å². The molecule has 2 fully saturated rings. The summed E-state index contributed by atoms with van der Waals surface area (Å²) in [5, 5.41) is 2.22. The number of carbonyl (C=O) groups excluding carboxylic acids is 1. The molecule has 0 spiro atoms. The molecule has 2 heteroatoms. The van der Waals surface area contributed by atoms with Crippen molar-refractivity contribution in [2.24, 2.45) is 28.6 Å². The first kappa shape index (κ1) is 16.1. The third kappa shape index (κ3) is 2.16. The molecule has 0 aromatic carbocycles. The van der Waals surface area contributed by atoms with Crippen LogP contribution in [-0.2, 0) is 4.79 Å². The van der Waals surface area contributed by atoms with Crippen LogP contribution in [0.3, 0.4) is 0 Å². The quantitative estimate of drug-likeness (QED) is 0.544. The highest BCUT2D eigenvalue weighted by molar-refractivity contribution is 7.11. The Balaban J connectivity index is 1.49. The van der Waals surface area contributed by atoms with Crippen molar-refractivity contribution in [3.8, 4) is 0 Å². The second kappa shape index (κ2) is 5.42. The first-order valence-electron chi connectivity index (χ1n) is 9.98. The van der Waals surface area contributed by atoms with Gasteiger partial charge in [-0.15, -0.1) is 11.3 Å². The Kier molecular flexibility index (Phi) is 3.48. The van der Waals surface area contributed by atoms with Crippen molar-refractivity contribution in [1.29, 1.82) is 0 Å². The van der Waals surface area contributed by atoms with E-state index in [0.29, 0.717) is 16.6 Å². The fraction of sp³-hybridized carbons (Fsp3) is 0.609. The third-order valence-electron chi connectivity index (χ3n) is 8.30. The van der Waals surface area contributed by atoms with E-state index in [2.05, 4.69) is 43.5 Å². The van der Waals surface area contributed by atoms with E-state index in [1.807, 2.05) is 11.3 Å². The third-order valence-corrected chi connectivity index (χ3v) is 9.21. The molecule has 0 N–H and O–H groups in total. The molecule has 2 saturated carbocycles. The molecule has 0 amide bonds. The maximum Gasteiger partial charge on any atom is 0.136 e. The van der Waals surface area contributed by atoms with Crippen molar-refractivity contribution in [2.75, 3.05) is 0 Å². The highest BCUT2D eigenvalue weighted by atomic mass is 32.1. The van der Waals surface area contributed by atoms with Gasteiger partial charge >= 0.3 is 0 Å². The number of fused-ring (bicyclic) bond motifs is 5. The maximum absolute atomic E-state index is 12.0. The largest absolute Gasteiger partial charge is 0.299 e. The van der Waals surface area contributed by atoms with Crippen LogP contribution in [0.4, 0.5) is 0 Å². The molecule has 0 bridgehead atoms. The Bertz CT molecular complexity index is 770. The second-order valence-electron chi connectivity index (χ2n) is 9.26. The van der Waals surface area contributed by atoms with Crippen molar-refractivity contribution in [1.82, 2.24) is 0 Å². The average molecular weight is 353 g/mol. The predicted octanol–water partition coefficient (Wildman–Crippen LogP) is 6.27. The molecule has 0 aliphatic heterocycles. The van der Waals surface area contributed by atoms with Crippen LogP contribution < -0.4 is 0 Å². The summed E-state index contributed by atoms with van der Waals surface area (Å²) in [6, 6.07) is 4.50. The lowest BCUT2D eigenvalue weighted by Crippen LogP contribution is -2.49. The van der Waals surface area contributed by atoms with E-state index in [1.165, 1.54) is 36.1 Å². The minimum absolute atomic E-state index is 0.295. The van der Waals surface area contributed by atoms with Gasteiger partial charge in [-0.25, -0.2) is 0 Å². The Hall–Kier alpha value is -1.15. The molecule has 5 rings (SSSR count). The molecule has 25 heavy (non-hydrogen) atoms. The van der Waals surface area contributed by atoms with Crippen LogP contribution in [0.5, 0.6) is 0 Å². The van der Waals surface area contributed by atoms with Crippen molar-refractivity contribution in [2.45, 2.75) is 58.8 Å². The maximum atomic E-state index is 12.0. The molecule has 1 nitrogen and oxygen atoms in total. The Morgan fingerprint density at radius 3 is 2.76 bits per heavy atom. The Morgan fingerprint density at radius 2 is 1.96 bits per heavy atom. The van der Waals surface area contributed by atoms with Crippen LogP contribution in [0.1, 0.15) is 63.7 Å². The number of ketones is 1. The normalized spacial score (nSPS) is 43.0. The fourth-order valence-electron chi connectivity index (χ4n) is 6.86. The van der Waals surface area contributed by atoms with E-state index < -0.39 is 0 Å². The molecule has 1 aromatic rings. The molecule has 3 unspecified atom stereocenters. The van der Waals surface area contributed by atoms with Crippen LogP contribution in [0.2, 0.25) is 0 Å². The number of rotatable bonds is 1. The SMILES string of the molecule is C[C@]12CCC(=O)CC1=CCC1C2CC[C@]2(C)C(c3cccs3)=CCC12. The summed E-state index contributed by atoms with van der Waals surface area (Å²) in [7, 11) is 0. The standard InChI is InChI=1S/C23H28OS/c1-22-11-9-16(24)14-15(22)5-6-17-18-7-8-20(21-4-3-13-25-21)23(18,2)12-10-19(17)22/h3-5,8,13,17-19H,6-7,9-12,14H2,1-2H3/t17?,18?,19?,22-,23-/m0/s1. The van der Waals surface area contributed by atoms with Gasteiger partial charge in [0, 0.05) is 17.7 Å². The smallest absolute Gasteiger partial charge is 0.136 e. The summed E-state index contributed by atoms with van der Waals surface area (Å²) >= 11 is 1.90. The molecule has 4 aliphatic carbocycles. The van der Waals surface area contributed by atoms with Crippen molar-refractivity contribution in [3.05, 3.63) is 40.1 Å². The minimum atomic E-state index is 0.295. The lowest BCUT2D eigenvalue weighted by Gasteiger charge is -2.57. The second-order valence-corrected chi connectivity index (χ2v) is 10.2. The van der Waals surface area contributed by atoms with E-state index in [9.17, 15) is 4.79 Å². The highest BCUT2D eigenvalue weighted by Gasteiger charge is 2.56. The predicted molar refractivity (Wildman–Crippen MR) is 104 cm³/mol. The molecule has 132 valence electrons. The number of thiophene rings is 1. The zero-order chi connectivity index (χ0) is 17.2. The first-order chi connectivity index (χ1) is 12.0. The van der Waals surface area contributed by atoms with Gasteiger partial charge in [0.1, 0.15) is 5.78 Å². The van der Waals surface area contributed by atoms with Gasteiger partial charge in [0.25, 0.3) is 0 Å². The number of hydrogen-bond acceptors (Lipinski definition) is 2. The van der Waals surface area contributed by atoms with Crippen molar-refractivity contribution in [3.63, 3.8) is 0 Å². The number of allylic oxidation sites excluding steroid dienone is 4. The summed E-state index contributed by atoms with van der Waals surface area (Å²) in [6.07, 6.45) is 12.8. The van der Waals surface area contributed by atoms with Crippen LogP contribution in [-0.4, -0.2) is 5.78 Å². The zero-order valence-corrected chi connectivity index (χ0v) is 16.2. The summed E-state index contributed by atoms with van der Waals surface area (Å²) in [5.41, 5.74) is 3.77. The lowest BCUT2D eigenvalue weighted by molar-refractivity contribution is -0.122. The van der Waals surface area contributed by atoms with Gasteiger partial charge in [0.15, 0.2) is 0 Å². The number of Topliss-reactive ketones (excluding diaryl/α,β-unsaturated/α-hetero) is 1. The molecule has 5 atom stereocenters. The lowest BCUT2D eigenvalue weighted by atomic mass is 9.47. The van der Waals surface area contributed by atoms with E-state index in [4.69, 9.17) is 0 Å². The monoisotopic (exact) mass is 352 g/mol. The van der Waals surface area contributed by atoms with Gasteiger partial charge in [0.2, 0.25) is 0 Å². The molecule has 1 heterocycles. The van der Waals surface area contributed by atoms with E-state index in [0.717, 1.165) is 37.0 Å². The molecular formula is C23H28OS. The van der Waals surface area contributed by atoms with Gasteiger partial charge < -0.3 is 0 Å². The molecular weight excluding hydrogens is 324 g/mol. The van der Waals surface area contributed by atoms with Gasteiger partial charge in [0.05, 0.1) is 0 Å². The van der Waals surface area contributed by atoms with Gasteiger partial charge in [-0.05, 0) is 77.7 Å². The van der Waals surface area contributed by atoms with Crippen LogP contribution in [0, 0.1) is 28.6 Å². The van der Waals surface area contributed by atoms with Gasteiger partial charge in [-0.3, -0.25) is 4.79 Å². The summed E-state index contributed by atoms with van der Waals surface area (Å²) in [6.45, 7) is 5.02. The first-order valence-corrected chi connectivity index (χ1v) is 10.9. The summed E-state index contributed by atoms with van der Waals surface area (Å²) in [5.74, 6) is 2.84. The van der Waals surface area contributed by atoms with Crippen LogP contribution in [0.25, 0.3) is 5.57 Å². The topological polar surface area (TPSA) is 17.1 Å². The molecule has 0 radical (unpaired) electrons. The van der Waals surface area contributed by atoms with E-state index in [-0.39, 0.29) is 0 Å². The van der Waals surface area contributed by atoms with E-state index in [1.54, 1.807) is 5.57 Å². The van der Waals surface area contributed by atoms with Crippen LogP contribution >= 0.6 is 11.3 Å². The minimum Gasteiger partial charge on any atom is -0.299 e. The zero-order valence-electron chi connectivity index (χ0n) is 15.4. The van der Waals surface area contributed by atoms with Crippen LogP contribution in [0.15, 0.2) is 35.2 Å². The van der Waals surface area contributed by atoms with Gasteiger partial charge in [-0.1, -0.05) is 37.6 Å². The summed E-state index contributed by atoms with van der Waals surface area (Å²) in [4.78, 5) is 13.5. The Morgan fingerprint density at radius 1 is 1.08 bits per heavy atom. The van der Waals surface area contributed by atoms with Gasteiger partial charge in [-0.2, -0.15) is 0 Å². The number of hydrogen-bond donors (Lipinski definition) is 0. The fourth-order valence-corrected chi connectivity index (χ4v) is 7.76. The Labute approximate surface area is 155 Å². The average Bonchev–Trinajstić information content (AvgIpc) is 3.22.